The Morgan fingerprint density at radius 3 is 3.00 bits per heavy atom. The minimum atomic E-state index is -0.292. The first-order chi connectivity index (χ1) is 12.7. The molecular weight excluding hydrogens is 352 g/mol. The maximum Gasteiger partial charge on any atom is 0.273 e. The van der Waals surface area contributed by atoms with Gasteiger partial charge in [-0.3, -0.25) is 4.79 Å². The van der Waals surface area contributed by atoms with E-state index in [2.05, 4.69) is 15.5 Å². The van der Waals surface area contributed by atoms with Crippen molar-refractivity contribution in [1.29, 1.82) is 0 Å². The molecule has 4 rings (SSSR count). The van der Waals surface area contributed by atoms with Crippen LogP contribution in [0.2, 0.25) is 0 Å². The van der Waals surface area contributed by atoms with Crippen molar-refractivity contribution in [1.82, 2.24) is 20.0 Å². The van der Waals surface area contributed by atoms with Gasteiger partial charge in [0.2, 0.25) is 5.76 Å². The Morgan fingerprint density at radius 1 is 1.31 bits per heavy atom. The van der Waals surface area contributed by atoms with Gasteiger partial charge < -0.3 is 18.8 Å². The number of nitrogens with zero attached hydrogens (tertiary/aromatic N) is 3. The van der Waals surface area contributed by atoms with Crippen LogP contribution in [-0.4, -0.2) is 27.2 Å². The Hall–Kier alpha value is -3.13. The second kappa shape index (κ2) is 7.01. The summed E-state index contributed by atoms with van der Waals surface area (Å²) in [7, 11) is 1.95. The van der Waals surface area contributed by atoms with Gasteiger partial charge in [0, 0.05) is 32.3 Å². The molecule has 7 nitrogen and oxygen atoms in total. The number of carbonyl (C=O) groups excluding carboxylic acids is 1. The van der Waals surface area contributed by atoms with Crippen LogP contribution in [0.25, 0.3) is 22.1 Å². The summed E-state index contributed by atoms with van der Waals surface area (Å²) in [4.78, 5) is 18.0. The minimum Gasteiger partial charge on any atom is -0.461 e. The molecule has 1 amide bonds. The fraction of sp³-hybridized carbons (Fsp3) is 0.167. The lowest BCUT2D eigenvalue weighted by molar-refractivity contribution is 0.0945. The molecule has 0 unspecified atom stereocenters. The Kier molecular flexibility index (Phi) is 4.40. The van der Waals surface area contributed by atoms with E-state index in [0.717, 1.165) is 16.4 Å². The summed E-state index contributed by atoms with van der Waals surface area (Å²) in [6.07, 6.45) is 4.15. The number of amides is 1. The van der Waals surface area contributed by atoms with Gasteiger partial charge in [0.05, 0.1) is 16.8 Å². The van der Waals surface area contributed by atoms with Gasteiger partial charge in [0.15, 0.2) is 11.5 Å². The Balaban J connectivity index is 1.35. The van der Waals surface area contributed by atoms with Gasteiger partial charge >= 0.3 is 0 Å². The first-order valence-electron chi connectivity index (χ1n) is 8.05. The molecule has 4 aromatic heterocycles. The number of furan rings is 1. The first kappa shape index (κ1) is 16.3. The topological polar surface area (TPSA) is 86.1 Å². The lowest BCUT2D eigenvalue weighted by atomic mass is 10.3. The minimum absolute atomic E-state index is 0.218. The zero-order chi connectivity index (χ0) is 17.9. The van der Waals surface area contributed by atoms with Gasteiger partial charge in [-0.05, 0) is 23.6 Å². The molecule has 0 aromatic carbocycles. The lowest BCUT2D eigenvalue weighted by Gasteiger charge is -2.03. The van der Waals surface area contributed by atoms with E-state index in [0.29, 0.717) is 24.5 Å². The first-order valence-corrected chi connectivity index (χ1v) is 8.93. The van der Waals surface area contributed by atoms with Crippen LogP contribution in [0.3, 0.4) is 0 Å². The van der Waals surface area contributed by atoms with Crippen molar-refractivity contribution in [2.75, 3.05) is 6.54 Å². The lowest BCUT2D eigenvalue weighted by Crippen LogP contribution is -2.26. The number of aryl methyl sites for hydroxylation is 1. The van der Waals surface area contributed by atoms with Gasteiger partial charge in [-0.1, -0.05) is 11.2 Å². The second-order valence-electron chi connectivity index (χ2n) is 5.69. The van der Waals surface area contributed by atoms with Crippen molar-refractivity contribution < 1.29 is 13.7 Å². The molecule has 0 fully saturated rings. The SMILES string of the molecule is Cn1cc(-c2cccs2)nc1CCNC(=O)c1cc(-c2ccco2)on1. The van der Waals surface area contributed by atoms with Crippen LogP contribution < -0.4 is 5.32 Å². The average Bonchev–Trinajstić information content (AvgIpc) is 3.41. The van der Waals surface area contributed by atoms with Crippen LogP contribution in [0, 0.1) is 0 Å². The van der Waals surface area contributed by atoms with E-state index < -0.39 is 0 Å². The summed E-state index contributed by atoms with van der Waals surface area (Å²) in [5, 5.41) is 8.65. The van der Waals surface area contributed by atoms with Crippen LogP contribution in [0.1, 0.15) is 16.3 Å². The normalized spacial score (nSPS) is 11.0. The number of rotatable bonds is 6. The van der Waals surface area contributed by atoms with Gasteiger partial charge in [0.25, 0.3) is 5.91 Å². The van der Waals surface area contributed by atoms with E-state index in [1.54, 1.807) is 29.5 Å². The molecule has 0 bridgehead atoms. The van der Waals surface area contributed by atoms with Crippen molar-refractivity contribution in [3.05, 3.63) is 59.7 Å². The Labute approximate surface area is 153 Å². The fourth-order valence-electron chi connectivity index (χ4n) is 2.58. The molecule has 132 valence electrons. The summed E-state index contributed by atoms with van der Waals surface area (Å²) in [5.41, 5.74) is 1.17. The molecule has 4 heterocycles. The van der Waals surface area contributed by atoms with Crippen LogP contribution in [0.4, 0.5) is 0 Å². The largest absolute Gasteiger partial charge is 0.461 e. The molecule has 0 saturated heterocycles. The summed E-state index contributed by atoms with van der Waals surface area (Å²) in [6.45, 7) is 0.455. The van der Waals surface area contributed by atoms with Crippen LogP contribution in [0.5, 0.6) is 0 Å². The number of hydrogen-bond donors (Lipinski definition) is 1. The highest BCUT2D eigenvalue weighted by Crippen LogP contribution is 2.23. The van der Waals surface area contributed by atoms with E-state index >= 15 is 0 Å². The molecule has 0 aliphatic rings. The zero-order valence-corrected chi connectivity index (χ0v) is 14.8. The summed E-state index contributed by atoms with van der Waals surface area (Å²) < 4.78 is 12.3. The van der Waals surface area contributed by atoms with Crippen LogP contribution in [0.15, 0.2) is 57.1 Å². The fourth-order valence-corrected chi connectivity index (χ4v) is 3.26. The molecule has 0 atom stereocenters. The van der Waals surface area contributed by atoms with E-state index in [-0.39, 0.29) is 11.6 Å². The van der Waals surface area contributed by atoms with Gasteiger partial charge in [0.1, 0.15) is 5.82 Å². The van der Waals surface area contributed by atoms with Crippen LogP contribution in [-0.2, 0) is 13.5 Å². The Morgan fingerprint density at radius 2 is 2.23 bits per heavy atom. The van der Waals surface area contributed by atoms with Gasteiger partial charge in [-0.25, -0.2) is 4.98 Å². The number of carbonyl (C=O) groups is 1. The molecule has 8 heteroatoms. The standard InChI is InChI=1S/C18H16N4O3S/c1-22-11-13(16-5-3-9-26-16)20-17(22)6-7-19-18(23)12-10-15(25-21-12)14-4-2-8-24-14/h2-5,8-11H,6-7H2,1H3,(H,19,23). The van der Waals surface area contributed by atoms with Gasteiger partial charge in [-0.15, -0.1) is 11.3 Å². The molecule has 26 heavy (non-hydrogen) atoms. The monoisotopic (exact) mass is 368 g/mol. The molecule has 0 saturated carbocycles. The van der Waals surface area contributed by atoms with Crippen molar-refractivity contribution in [2.24, 2.45) is 7.05 Å². The number of imidazole rings is 1. The van der Waals surface area contributed by atoms with Crippen molar-refractivity contribution in [3.8, 4) is 22.1 Å². The smallest absolute Gasteiger partial charge is 0.273 e. The van der Waals surface area contributed by atoms with Crippen molar-refractivity contribution in [2.45, 2.75) is 6.42 Å². The highest BCUT2D eigenvalue weighted by Gasteiger charge is 2.15. The summed E-state index contributed by atoms with van der Waals surface area (Å²) in [5.74, 6) is 1.57. The zero-order valence-electron chi connectivity index (χ0n) is 14.0. The third kappa shape index (κ3) is 3.31. The van der Waals surface area contributed by atoms with Crippen molar-refractivity contribution in [3.63, 3.8) is 0 Å². The van der Waals surface area contributed by atoms with Crippen LogP contribution >= 0.6 is 11.3 Å². The molecule has 0 radical (unpaired) electrons. The molecule has 0 spiro atoms. The van der Waals surface area contributed by atoms with Gasteiger partial charge in [-0.2, -0.15) is 0 Å². The number of hydrogen-bond acceptors (Lipinski definition) is 6. The molecule has 4 aromatic rings. The highest BCUT2D eigenvalue weighted by atomic mass is 32.1. The second-order valence-corrected chi connectivity index (χ2v) is 6.64. The average molecular weight is 368 g/mol. The molecule has 0 aliphatic heterocycles. The van der Waals surface area contributed by atoms with E-state index in [4.69, 9.17) is 8.94 Å². The summed E-state index contributed by atoms with van der Waals surface area (Å²) in [6, 6.07) is 9.09. The molecule has 1 N–H and O–H groups in total. The van der Waals surface area contributed by atoms with E-state index in [9.17, 15) is 4.79 Å². The third-order valence-corrected chi connectivity index (χ3v) is 4.78. The highest BCUT2D eigenvalue weighted by molar-refractivity contribution is 7.13. The van der Waals surface area contributed by atoms with Crippen molar-refractivity contribution >= 4 is 17.2 Å². The number of nitrogens with one attached hydrogen (secondary N) is 1. The molecule has 0 aliphatic carbocycles. The quantitative estimate of drug-likeness (QED) is 0.564. The Bertz CT molecular complexity index is 1000. The summed E-state index contributed by atoms with van der Waals surface area (Å²) >= 11 is 1.65. The molecular formula is C18H16N4O3S. The third-order valence-electron chi connectivity index (χ3n) is 3.89. The maximum absolute atomic E-state index is 12.2. The number of aromatic nitrogens is 3. The van der Waals surface area contributed by atoms with E-state index in [1.807, 2.05) is 35.3 Å². The predicted molar refractivity (Wildman–Crippen MR) is 96.8 cm³/mol. The van der Waals surface area contributed by atoms with E-state index in [1.165, 1.54) is 6.26 Å². The predicted octanol–water partition coefficient (Wildman–Crippen LogP) is 3.37. The maximum atomic E-state index is 12.2. The number of thiophene rings is 1.